The van der Waals surface area contributed by atoms with E-state index in [-0.39, 0.29) is 10.3 Å². The predicted molar refractivity (Wildman–Crippen MR) is 137 cm³/mol. The molecule has 0 fully saturated rings. The van der Waals surface area contributed by atoms with E-state index in [9.17, 15) is 8.42 Å². The zero-order valence-electron chi connectivity index (χ0n) is 20.4. The van der Waals surface area contributed by atoms with Crippen LogP contribution < -0.4 is 18.9 Å². The molecule has 0 saturated heterocycles. The van der Waals surface area contributed by atoms with E-state index in [1.54, 1.807) is 45.6 Å². The van der Waals surface area contributed by atoms with Gasteiger partial charge in [-0.05, 0) is 58.5 Å². The first-order chi connectivity index (χ1) is 16.1. The molecule has 6 nitrogen and oxygen atoms in total. The Labute approximate surface area is 202 Å². The lowest BCUT2D eigenvalue weighted by Gasteiger charge is -2.19. The third kappa shape index (κ3) is 5.91. The summed E-state index contributed by atoms with van der Waals surface area (Å²) in [5.41, 5.74) is 3.31. The molecule has 34 heavy (non-hydrogen) atoms. The number of ether oxygens (including phenoxy) is 3. The molecule has 3 aromatic rings. The summed E-state index contributed by atoms with van der Waals surface area (Å²) in [6, 6.07) is 17.8. The van der Waals surface area contributed by atoms with Gasteiger partial charge in [-0.3, -0.25) is 4.72 Å². The number of hydrogen-bond donors (Lipinski definition) is 1. The third-order valence-corrected chi connectivity index (χ3v) is 6.75. The lowest BCUT2D eigenvalue weighted by molar-refractivity contribution is 0.324. The highest BCUT2D eigenvalue weighted by Gasteiger charge is 2.18. The number of rotatable bonds is 8. The molecule has 0 aromatic heterocycles. The van der Waals surface area contributed by atoms with Crippen molar-refractivity contribution in [3.63, 3.8) is 0 Å². The van der Waals surface area contributed by atoms with Crippen LogP contribution >= 0.6 is 0 Å². The van der Waals surface area contributed by atoms with Crippen molar-refractivity contribution in [2.75, 3.05) is 26.1 Å². The van der Waals surface area contributed by atoms with Gasteiger partial charge in [-0.2, -0.15) is 0 Å². The van der Waals surface area contributed by atoms with Gasteiger partial charge in [0.25, 0.3) is 10.0 Å². The van der Waals surface area contributed by atoms with Crippen LogP contribution in [0.1, 0.15) is 37.5 Å². The lowest BCUT2D eigenvalue weighted by atomic mass is 9.87. The second kappa shape index (κ2) is 10.2. The smallest absolute Gasteiger partial charge is 0.261 e. The summed E-state index contributed by atoms with van der Waals surface area (Å²) in [6.07, 6.45) is 3.84. The minimum atomic E-state index is -3.67. The monoisotopic (exact) mass is 481 g/mol. The highest BCUT2D eigenvalue weighted by molar-refractivity contribution is 7.92. The van der Waals surface area contributed by atoms with Gasteiger partial charge in [-0.15, -0.1) is 0 Å². The molecule has 0 atom stereocenters. The molecule has 0 aliphatic carbocycles. The summed E-state index contributed by atoms with van der Waals surface area (Å²) in [6.45, 7) is 6.27. The molecular formula is C27H31NO5S. The summed E-state index contributed by atoms with van der Waals surface area (Å²) in [5, 5.41) is 0. The Morgan fingerprint density at radius 1 is 0.735 bits per heavy atom. The Morgan fingerprint density at radius 2 is 1.26 bits per heavy atom. The summed E-state index contributed by atoms with van der Waals surface area (Å²) >= 11 is 0. The maximum absolute atomic E-state index is 12.8. The highest BCUT2D eigenvalue weighted by atomic mass is 32.2. The molecule has 7 heteroatoms. The molecule has 0 saturated carbocycles. The van der Waals surface area contributed by atoms with E-state index in [1.807, 2.05) is 48.6 Å². The number of benzene rings is 3. The fraction of sp³-hybridized carbons (Fsp3) is 0.259. The van der Waals surface area contributed by atoms with E-state index in [0.29, 0.717) is 22.9 Å². The molecule has 1 N–H and O–H groups in total. The van der Waals surface area contributed by atoms with E-state index >= 15 is 0 Å². The van der Waals surface area contributed by atoms with E-state index < -0.39 is 10.0 Å². The van der Waals surface area contributed by atoms with Crippen LogP contribution in [0.3, 0.4) is 0 Å². The van der Waals surface area contributed by atoms with Crippen LogP contribution in [0.25, 0.3) is 12.2 Å². The van der Waals surface area contributed by atoms with Crippen LogP contribution in [0, 0.1) is 0 Å². The van der Waals surface area contributed by atoms with Crippen molar-refractivity contribution in [1.29, 1.82) is 0 Å². The van der Waals surface area contributed by atoms with Gasteiger partial charge in [0, 0.05) is 5.69 Å². The van der Waals surface area contributed by atoms with Crippen molar-refractivity contribution in [2.24, 2.45) is 0 Å². The van der Waals surface area contributed by atoms with Gasteiger partial charge in [0.2, 0.25) is 5.75 Å². The zero-order valence-corrected chi connectivity index (χ0v) is 21.2. The molecule has 0 heterocycles. The van der Waals surface area contributed by atoms with Gasteiger partial charge >= 0.3 is 0 Å². The second-order valence-electron chi connectivity index (χ2n) is 8.79. The fourth-order valence-corrected chi connectivity index (χ4v) is 4.46. The normalized spacial score (nSPS) is 11.9. The highest BCUT2D eigenvalue weighted by Crippen LogP contribution is 2.38. The molecule has 0 bridgehead atoms. The second-order valence-corrected chi connectivity index (χ2v) is 10.5. The Balaban J connectivity index is 1.75. The molecule has 0 radical (unpaired) electrons. The first kappa shape index (κ1) is 25.2. The largest absolute Gasteiger partial charge is 0.493 e. The fourth-order valence-electron chi connectivity index (χ4n) is 3.40. The topological polar surface area (TPSA) is 73.9 Å². The van der Waals surface area contributed by atoms with Crippen LogP contribution in [-0.4, -0.2) is 29.7 Å². The van der Waals surface area contributed by atoms with Crippen molar-refractivity contribution in [3.8, 4) is 17.2 Å². The average Bonchev–Trinajstić information content (AvgIpc) is 2.82. The van der Waals surface area contributed by atoms with Crippen LogP contribution in [-0.2, 0) is 15.4 Å². The summed E-state index contributed by atoms with van der Waals surface area (Å²) in [5.74, 6) is 1.68. The van der Waals surface area contributed by atoms with E-state index in [4.69, 9.17) is 14.2 Å². The minimum absolute atomic E-state index is 0.0405. The average molecular weight is 482 g/mol. The molecule has 0 aliphatic rings. The zero-order chi connectivity index (χ0) is 24.9. The van der Waals surface area contributed by atoms with E-state index in [1.165, 1.54) is 0 Å². The van der Waals surface area contributed by atoms with Crippen LogP contribution in [0.2, 0.25) is 0 Å². The van der Waals surface area contributed by atoms with Crippen molar-refractivity contribution < 1.29 is 22.6 Å². The minimum Gasteiger partial charge on any atom is -0.493 e. The van der Waals surface area contributed by atoms with Gasteiger partial charge in [0.05, 0.1) is 26.2 Å². The molecular weight excluding hydrogens is 450 g/mol. The Hall–Kier alpha value is -3.45. The quantitative estimate of drug-likeness (QED) is 0.401. The molecule has 180 valence electrons. The SMILES string of the molecule is COc1cc(C=Cc2ccc(NS(=O)(=O)c3ccc(C(C)(C)C)cc3)cc2)cc(OC)c1OC. The van der Waals surface area contributed by atoms with E-state index in [0.717, 1.165) is 16.7 Å². The first-order valence-corrected chi connectivity index (χ1v) is 12.3. The Bertz CT molecular complexity index is 1230. The molecule has 0 amide bonds. The van der Waals surface area contributed by atoms with Gasteiger partial charge in [-0.1, -0.05) is 57.2 Å². The lowest BCUT2D eigenvalue weighted by Crippen LogP contribution is -2.14. The van der Waals surface area contributed by atoms with Crippen molar-refractivity contribution in [2.45, 2.75) is 31.1 Å². The molecule has 0 unspecified atom stereocenters. The maximum atomic E-state index is 12.8. The van der Waals surface area contributed by atoms with Crippen molar-refractivity contribution in [1.82, 2.24) is 0 Å². The number of nitrogens with one attached hydrogen (secondary N) is 1. The van der Waals surface area contributed by atoms with E-state index in [2.05, 4.69) is 25.5 Å². The molecule has 0 spiro atoms. The Morgan fingerprint density at radius 3 is 1.74 bits per heavy atom. The molecule has 3 aromatic carbocycles. The molecule has 0 aliphatic heterocycles. The predicted octanol–water partition coefficient (Wildman–Crippen LogP) is 5.98. The summed E-state index contributed by atoms with van der Waals surface area (Å²) in [7, 11) is 1.03. The summed E-state index contributed by atoms with van der Waals surface area (Å²) in [4.78, 5) is 0.229. The Kier molecular flexibility index (Phi) is 7.57. The molecule has 3 rings (SSSR count). The van der Waals surface area contributed by atoms with Crippen molar-refractivity contribution >= 4 is 27.9 Å². The van der Waals surface area contributed by atoms with Gasteiger partial charge < -0.3 is 14.2 Å². The standard InChI is InChI=1S/C27H31NO5S/c1-27(2,3)21-11-15-23(16-12-21)34(29,30)28-22-13-9-19(10-14-22)7-8-20-17-24(31-4)26(33-6)25(18-20)32-5/h7-18,28H,1-6H3. The number of sulfonamides is 1. The maximum Gasteiger partial charge on any atom is 0.261 e. The van der Waals surface area contributed by atoms with Crippen molar-refractivity contribution in [3.05, 3.63) is 77.4 Å². The number of anilines is 1. The van der Waals surface area contributed by atoms with Gasteiger partial charge in [0.15, 0.2) is 11.5 Å². The number of hydrogen-bond acceptors (Lipinski definition) is 5. The van der Waals surface area contributed by atoms with Gasteiger partial charge in [0.1, 0.15) is 0 Å². The van der Waals surface area contributed by atoms with Crippen LogP contribution in [0.4, 0.5) is 5.69 Å². The van der Waals surface area contributed by atoms with Gasteiger partial charge in [-0.25, -0.2) is 8.42 Å². The van der Waals surface area contributed by atoms with Crippen LogP contribution in [0.5, 0.6) is 17.2 Å². The first-order valence-electron chi connectivity index (χ1n) is 10.8. The third-order valence-electron chi connectivity index (χ3n) is 5.35. The van der Waals surface area contributed by atoms with Crippen LogP contribution in [0.15, 0.2) is 65.6 Å². The summed E-state index contributed by atoms with van der Waals surface area (Å²) < 4.78 is 44.3. The number of methoxy groups -OCH3 is 3.